The summed E-state index contributed by atoms with van der Waals surface area (Å²) >= 11 is 4.27. The first kappa shape index (κ1) is 18.3. The predicted molar refractivity (Wildman–Crippen MR) is 103 cm³/mol. The molecule has 6 nitrogen and oxygen atoms in total. The van der Waals surface area contributed by atoms with Crippen LogP contribution in [0.4, 0.5) is 5.13 Å². The first-order chi connectivity index (χ1) is 12.5. The second-order valence-corrected chi connectivity index (χ2v) is 7.08. The molecule has 134 valence electrons. The summed E-state index contributed by atoms with van der Waals surface area (Å²) in [6, 6.07) is 11.0. The fourth-order valence-corrected chi connectivity index (χ4v) is 3.70. The van der Waals surface area contributed by atoms with E-state index in [0.29, 0.717) is 25.9 Å². The number of aromatic nitrogens is 1. The number of nitrogens with zero attached hydrogens (tertiary/aromatic N) is 1. The standard InChI is InChI=1S/C18H15BrN2O4S/c1-3-24-17(23)15-13(11-7-5-4-6-8-11)20-18(26-15)21-16(22)14-10(2)9-12(19)25-14/h4-9H,3H2,1-2H3,(H,20,21,22). The van der Waals surface area contributed by atoms with Crippen molar-refractivity contribution in [3.05, 3.63) is 57.3 Å². The Kier molecular flexibility index (Phi) is 5.53. The van der Waals surface area contributed by atoms with E-state index < -0.39 is 11.9 Å². The van der Waals surface area contributed by atoms with Gasteiger partial charge in [-0.2, -0.15) is 0 Å². The lowest BCUT2D eigenvalue weighted by Gasteiger charge is -2.01. The number of ether oxygens (including phenoxy) is 1. The molecule has 2 aromatic heterocycles. The van der Waals surface area contributed by atoms with Gasteiger partial charge in [0, 0.05) is 11.1 Å². The number of hydrogen-bond acceptors (Lipinski definition) is 6. The number of benzene rings is 1. The van der Waals surface area contributed by atoms with Gasteiger partial charge in [0.15, 0.2) is 15.6 Å². The van der Waals surface area contributed by atoms with Crippen LogP contribution in [-0.4, -0.2) is 23.5 Å². The van der Waals surface area contributed by atoms with Crippen LogP contribution in [0.3, 0.4) is 0 Å². The second kappa shape index (κ2) is 7.84. The maximum atomic E-state index is 12.4. The van der Waals surface area contributed by atoms with Gasteiger partial charge < -0.3 is 9.15 Å². The number of aryl methyl sites for hydroxylation is 1. The average Bonchev–Trinajstić information content (AvgIpc) is 3.19. The van der Waals surface area contributed by atoms with Gasteiger partial charge in [-0.05, 0) is 35.8 Å². The van der Waals surface area contributed by atoms with E-state index in [1.165, 1.54) is 0 Å². The van der Waals surface area contributed by atoms with Crippen LogP contribution in [0.2, 0.25) is 0 Å². The minimum atomic E-state index is -0.471. The lowest BCUT2D eigenvalue weighted by Crippen LogP contribution is -2.11. The SMILES string of the molecule is CCOC(=O)c1sc(NC(=O)c2oc(Br)cc2C)nc1-c1ccccc1. The van der Waals surface area contributed by atoms with Crippen molar-refractivity contribution in [3.8, 4) is 11.3 Å². The summed E-state index contributed by atoms with van der Waals surface area (Å²) in [6.45, 7) is 3.76. The maximum absolute atomic E-state index is 12.4. The predicted octanol–water partition coefficient (Wildman–Crippen LogP) is 4.90. The molecule has 0 saturated heterocycles. The minimum Gasteiger partial charge on any atom is -0.462 e. The van der Waals surface area contributed by atoms with Gasteiger partial charge in [0.1, 0.15) is 4.88 Å². The van der Waals surface area contributed by atoms with Crippen molar-refractivity contribution >= 4 is 44.3 Å². The molecule has 2 heterocycles. The largest absolute Gasteiger partial charge is 0.462 e. The van der Waals surface area contributed by atoms with Crippen LogP contribution in [-0.2, 0) is 4.74 Å². The number of amides is 1. The second-order valence-electron chi connectivity index (χ2n) is 5.30. The maximum Gasteiger partial charge on any atom is 0.350 e. The van der Waals surface area contributed by atoms with E-state index in [1.807, 2.05) is 30.3 Å². The highest BCUT2D eigenvalue weighted by molar-refractivity contribution is 9.10. The van der Waals surface area contributed by atoms with Crippen LogP contribution >= 0.6 is 27.3 Å². The first-order valence-electron chi connectivity index (χ1n) is 7.80. The lowest BCUT2D eigenvalue weighted by molar-refractivity contribution is 0.0532. The summed E-state index contributed by atoms with van der Waals surface area (Å²) in [6.07, 6.45) is 0. The van der Waals surface area contributed by atoms with Crippen molar-refractivity contribution in [3.63, 3.8) is 0 Å². The fourth-order valence-electron chi connectivity index (χ4n) is 2.32. The van der Waals surface area contributed by atoms with E-state index in [-0.39, 0.29) is 12.4 Å². The van der Waals surface area contributed by atoms with Crippen molar-refractivity contribution < 1.29 is 18.7 Å². The number of carbonyl (C=O) groups excluding carboxylic acids is 2. The average molecular weight is 435 g/mol. The molecule has 3 aromatic rings. The summed E-state index contributed by atoms with van der Waals surface area (Å²) in [5.74, 6) is -0.718. The number of nitrogens with one attached hydrogen (secondary N) is 1. The molecule has 0 aliphatic carbocycles. The number of thiazole rings is 1. The summed E-state index contributed by atoms with van der Waals surface area (Å²) in [5, 5.41) is 2.98. The summed E-state index contributed by atoms with van der Waals surface area (Å²) in [7, 11) is 0. The van der Waals surface area contributed by atoms with Gasteiger partial charge in [-0.25, -0.2) is 9.78 Å². The van der Waals surface area contributed by atoms with Crippen LogP contribution in [0.15, 0.2) is 45.5 Å². The Labute approximate surface area is 162 Å². The van der Waals surface area contributed by atoms with E-state index in [1.54, 1.807) is 19.9 Å². The quantitative estimate of drug-likeness (QED) is 0.577. The molecule has 0 radical (unpaired) electrons. The monoisotopic (exact) mass is 434 g/mol. The molecular formula is C18H15BrN2O4S. The van der Waals surface area contributed by atoms with E-state index in [2.05, 4.69) is 26.2 Å². The molecule has 8 heteroatoms. The Bertz CT molecular complexity index is 950. The Hall–Kier alpha value is -2.45. The van der Waals surface area contributed by atoms with Crippen molar-refractivity contribution in [1.29, 1.82) is 0 Å². The highest BCUT2D eigenvalue weighted by Crippen LogP contribution is 2.32. The van der Waals surface area contributed by atoms with Gasteiger partial charge in [0.2, 0.25) is 0 Å². The normalized spacial score (nSPS) is 10.6. The van der Waals surface area contributed by atoms with Crippen molar-refractivity contribution in [2.75, 3.05) is 11.9 Å². The van der Waals surface area contributed by atoms with Gasteiger partial charge >= 0.3 is 5.97 Å². The molecule has 0 aliphatic rings. The van der Waals surface area contributed by atoms with E-state index in [9.17, 15) is 9.59 Å². The van der Waals surface area contributed by atoms with Crippen LogP contribution in [0.5, 0.6) is 0 Å². The molecule has 1 aromatic carbocycles. The molecular weight excluding hydrogens is 420 g/mol. The zero-order chi connectivity index (χ0) is 18.7. The molecule has 0 fully saturated rings. The Morgan fingerprint density at radius 1 is 1.31 bits per heavy atom. The number of anilines is 1. The number of furan rings is 1. The van der Waals surface area contributed by atoms with Crippen LogP contribution in [0.1, 0.15) is 32.7 Å². The van der Waals surface area contributed by atoms with Gasteiger partial charge in [0.25, 0.3) is 5.91 Å². The highest BCUT2D eigenvalue weighted by Gasteiger charge is 2.23. The summed E-state index contributed by atoms with van der Waals surface area (Å²) in [4.78, 5) is 29.5. The Morgan fingerprint density at radius 3 is 2.65 bits per heavy atom. The van der Waals surface area contributed by atoms with E-state index >= 15 is 0 Å². The molecule has 0 unspecified atom stereocenters. The number of rotatable bonds is 5. The molecule has 3 rings (SSSR count). The zero-order valence-electron chi connectivity index (χ0n) is 14.0. The number of hydrogen-bond donors (Lipinski definition) is 1. The molecule has 0 spiro atoms. The molecule has 1 amide bonds. The number of esters is 1. The van der Waals surface area contributed by atoms with E-state index in [4.69, 9.17) is 9.15 Å². The molecule has 0 aliphatic heterocycles. The topological polar surface area (TPSA) is 81.4 Å². The lowest BCUT2D eigenvalue weighted by atomic mass is 10.1. The molecule has 26 heavy (non-hydrogen) atoms. The van der Waals surface area contributed by atoms with Gasteiger partial charge in [-0.3, -0.25) is 10.1 Å². The molecule has 0 saturated carbocycles. The smallest absolute Gasteiger partial charge is 0.350 e. The van der Waals surface area contributed by atoms with Gasteiger partial charge in [-0.15, -0.1) is 0 Å². The minimum absolute atomic E-state index is 0.186. The Balaban J connectivity index is 1.94. The van der Waals surface area contributed by atoms with Crippen LogP contribution in [0, 0.1) is 6.92 Å². The highest BCUT2D eigenvalue weighted by atomic mass is 79.9. The molecule has 0 bridgehead atoms. The first-order valence-corrected chi connectivity index (χ1v) is 9.41. The van der Waals surface area contributed by atoms with Crippen LogP contribution in [0.25, 0.3) is 11.3 Å². The third-order valence-corrected chi connectivity index (χ3v) is 4.79. The van der Waals surface area contributed by atoms with Gasteiger partial charge in [-0.1, -0.05) is 41.7 Å². The molecule has 1 N–H and O–H groups in total. The molecule has 0 atom stereocenters. The fraction of sp³-hybridized carbons (Fsp3) is 0.167. The zero-order valence-corrected chi connectivity index (χ0v) is 16.4. The van der Waals surface area contributed by atoms with Crippen molar-refractivity contribution in [2.45, 2.75) is 13.8 Å². The van der Waals surface area contributed by atoms with E-state index in [0.717, 1.165) is 16.9 Å². The van der Waals surface area contributed by atoms with Gasteiger partial charge in [0.05, 0.1) is 12.3 Å². The number of carbonyl (C=O) groups is 2. The van der Waals surface area contributed by atoms with Crippen molar-refractivity contribution in [2.24, 2.45) is 0 Å². The third kappa shape index (κ3) is 3.86. The number of halogens is 1. The van der Waals surface area contributed by atoms with Crippen LogP contribution < -0.4 is 5.32 Å². The van der Waals surface area contributed by atoms with Crippen molar-refractivity contribution in [1.82, 2.24) is 4.98 Å². The third-order valence-electron chi connectivity index (χ3n) is 3.45. The summed E-state index contributed by atoms with van der Waals surface area (Å²) in [5.41, 5.74) is 1.94. The summed E-state index contributed by atoms with van der Waals surface area (Å²) < 4.78 is 10.9. The Morgan fingerprint density at radius 2 is 2.04 bits per heavy atom.